The maximum Gasteiger partial charge on any atom is 0.221 e. The van der Waals surface area contributed by atoms with Crippen LogP contribution in [0.1, 0.15) is 32.0 Å². The minimum Gasteiger partial charge on any atom is -0.369 e. The van der Waals surface area contributed by atoms with Gasteiger partial charge in [-0.1, -0.05) is 13.8 Å². The monoisotopic (exact) mass is 252 g/mol. The largest absolute Gasteiger partial charge is 0.369 e. The average Bonchev–Trinajstić information content (AvgIpc) is 2.37. The lowest BCUT2D eigenvalue weighted by Crippen LogP contribution is -2.21. The predicted molar refractivity (Wildman–Crippen MR) is 71.1 cm³/mol. The number of rotatable bonds is 6. The lowest BCUT2D eigenvalue weighted by Gasteiger charge is -2.11. The molecule has 0 spiro atoms. The summed E-state index contributed by atoms with van der Waals surface area (Å²) in [4.78, 5) is 19.7. The van der Waals surface area contributed by atoms with Crippen molar-refractivity contribution in [3.05, 3.63) is 11.9 Å². The third-order valence-corrected chi connectivity index (χ3v) is 2.34. The highest BCUT2D eigenvalue weighted by molar-refractivity contribution is 5.76. The second-order valence-corrected chi connectivity index (χ2v) is 4.15. The first-order valence-electron chi connectivity index (χ1n) is 5.87. The van der Waals surface area contributed by atoms with Gasteiger partial charge in [-0.2, -0.15) is 0 Å². The van der Waals surface area contributed by atoms with E-state index in [0.717, 1.165) is 0 Å². The number of hydrogen-bond acceptors (Lipinski definition) is 6. The van der Waals surface area contributed by atoms with E-state index in [-0.39, 0.29) is 11.8 Å². The van der Waals surface area contributed by atoms with E-state index < -0.39 is 0 Å². The molecular formula is C11H20N6O. The molecule has 0 saturated carbocycles. The van der Waals surface area contributed by atoms with Gasteiger partial charge < -0.3 is 16.1 Å². The minimum absolute atomic E-state index is 0.0159. The highest BCUT2D eigenvalue weighted by Gasteiger charge is 2.07. The summed E-state index contributed by atoms with van der Waals surface area (Å²) in [6.45, 7) is 4.52. The van der Waals surface area contributed by atoms with Gasteiger partial charge in [0.05, 0.1) is 0 Å². The first kappa shape index (κ1) is 14.2. The van der Waals surface area contributed by atoms with Gasteiger partial charge in [-0.05, 0) is 0 Å². The molecule has 0 radical (unpaired) electrons. The van der Waals surface area contributed by atoms with Crippen LogP contribution in [0.2, 0.25) is 0 Å². The van der Waals surface area contributed by atoms with Gasteiger partial charge in [0.25, 0.3) is 0 Å². The Morgan fingerprint density at radius 2 is 2.06 bits per heavy atom. The Bertz CT molecular complexity index is 407. The van der Waals surface area contributed by atoms with Crippen LogP contribution >= 0.6 is 0 Å². The van der Waals surface area contributed by atoms with Crippen molar-refractivity contribution >= 4 is 17.5 Å². The fourth-order valence-corrected chi connectivity index (χ4v) is 1.32. The first-order valence-corrected chi connectivity index (χ1v) is 5.87. The zero-order valence-corrected chi connectivity index (χ0v) is 10.9. The molecule has 1 amide bonds. The normalized spacial score (nSPS) is 10.3. The molecule has 0 aromatic carbocycles. The third kappa shape index (κ3) is 4.17. The van der Waals surface area contributed by atoms with Gasteiger partial charge in [0.15, 0.2) is 0 Å². The van der Waals surface area contributed by atoms with Crippen LogP contribution in [0.25, 0.3) is 0 Å². The molecule has 0 aliphatic rings. The summed E-state index contributed by atoms with van der Waals surface area (Å²) < 4.78 is 0. The van der Waals surface area contributed by atoms with Crippen molar-refractivity contribution in [3.8, 4) is 0 Å². The Balaban J connectivity index is 2.69. The molecule has 1 rings (SSSR count). The van der Waals surface area contributed by atoms with Gasteiger partial charge in [0.2, 0.25) is 5.91 Å². The Morgan fingerprint density at radius 3 is 2.61 bits per heavy atom. The molecule has 7 nitrogen and oxygen atoms in total. The highest BCUT2D eigenvalue weighted by Crippen LogP contribution is 2.16. The van der Waals surface area contributed by atoms with Crippen LogP contribution in [0.4, 0.5) is 11.6 Å². The maximum atomic E-state index is 11.1. The number of carbonyl (C=O) groups excluding carboxylic acids is 1. The number of aromatic nitrogens is 2. The topological polar surface area (TPSA) is 105 Å². The van der Waals surface area contributed by atoms with Crippen molar-refractivity contribution in [2.24, 2.45) is 5.84 Å². The number of nitrogen functional groups attached to an aromatic ring is 1. The molecule has 0 saturated heterocycles. The van der Waals surface area contributed by atoms with Crippen LogP contribution in [0.3, 0.4) is 0 Å². The van der Waals surface area contributed by atoms with Crippen LogP contribution in [-0.4, -0.2) is 29.5 Å². The van der Waals surface area contributed by atoms with E-state index in [2.05, 4.69) is 26.0 Å². The minimum atomic E-state index is -0.0159. The SMILES string of the molecule is CNC(=O)CCNc1cc(NN)nc(C(C)C)n1. The Labute approximate surface area is 107 Å². The molecule has 1 heterocycles. The van der Waals surface area contributed by atoms with E-state index in [1.807, 2.05) is 13.8 Å². The number of nitrogens with zero attached hydrogens (tertiary/aromatic N) is 2. The summed E-state index contributed by atoms with van der Waals surface area (Å²) in [6.07, 6.45) is 0.392. The van der Waals surface area contributed by atoms with E-state index >= 15 is 0 Å². The molecule has 1 aromatic rings. The van der Waals surface area contributed by atoms with E-state index in [1.54, 1.807) is 13.1 Å². The molecule has 0 bridgehead atoms. The Kier molecular flexibility index (Phi) is 5.31. The molecule has 1 aromatic heterocycles. The van der Waals surface area contributed by atoms with Crippen molar-refractivity contribution in [1.29, 1.82) is 0 Å². The molecule has 7 heteroatoms. The van der Waals surface area contributed by atoms with Crippen LogP contribution in [-0.2, 0) is 4.79 Å². The quantitative estimate of drug-likeness (QED) is 0.432. The number of hydrogen-bond donors (Lipinski definition) is 4. The summed E-state index contributed by atoms with van der Waals surface area (Å²) in [7, 11) is 1.61. The van der Waals surface area contributed by atoms with E-state index in [0.29, 0.717) is 30.4 Å². The van der Waals surface area contributed by atoms with E-state index in [9.17, 15) is 4.79 Å². The fraction of sp³-hybridized carbons (Fsp3) is 0.545. The van der Waals surface area contributed by atoms with Crippen molar-refractivity contribution < 1.29 is 4.79 Å². The van der Waals surface area contributed by atoms with Crippen molar-refractivity contribution in [2.75, 3.05) is 24.3 Å². The molecule has 5 N–H and O–H groups in total. The third-order valence-electron chi connectivity index (χ3n) is 2.34. The highest BCUT2D eigenvalue weighted by atomic mass is 16.1. The summed E-state index contributed by atoms with van der Waals surface area (Å²) in [5.74, 6) is 7.46. The average molecular weight is 252 g/mol. The molecule has 0 fully saturated rings. The Hall–Kier alpha value is -1.89. The maximum absolute atomic E-state index is 11.1. The van der Waals surface area contributed by atoms with E-state index in [1.165, 1.54) is 0 Å². The number of amides is 1. The zero-order valence-electron chi connectivity index (χ0n) is 10.9. The summed E-state index contributed by atoms with van der Waals surface area (Å²) in [5, 5.41) is 5.63. The molecule has 100 valence electrons. The van der Waals surface area contributed by atoms with Crippen LogP contribution in [0.15, 0.2) is 6.07 Å². The van der Waals surface area contributed by atoms with Crippen molar-refractivity contribution in [3.63, 3.8) is 0 Å². The standard InChI is InChI=1S/C11H20N6O/c1-7(2)11-15-8(6-9(16-11)17-12)14-5-4-10(18)13-3/h6-7H,4-5,12H2,1-3H3,(H,13,18)(H2,14,15,16,17). The number of nitrogens with two attached hydrogens (primary N) is 1. The second kappa shape index (κ2) is 6.75. The Morgan fingerprint density at radius 1 is 1.39 bits per heavy atom. The molecule has 0 aliphatic heterocycles. The zero-order chi connectivity index (χ0) is 13.5. The molecule has 18 heavy (non-hydrogen) atoms. The van der Waals surface area contributed by atoms with Crippen LogP contribution in [0, 0.1) is 0 Å². The summed E-state index contributed by atoms with van der Waals surface area (Å²) >= 11 is 0. The predicted octanol–water partition coefficient (Wildman–Crippen LogP) is 0.434. The van der Waals surface area contributed by atoms with Crippen molar-refractivity contribution in [1.82, 2.24) is 15.3 Å². The first-order chi connectivity index (χ1) is 8.56. The van der Waals surface area contributed by atoms with Gasteiger partial charge >= 0.3 is 0 Å². The lowest BCUT2D eigenvalue weighted by atomic mass is 10.2. The molecular weight excluding hydrogens is 232 g/mol. The van der Waals surface area contributed by atoms with E-state index in [4.69, 9.17) is 5.84 Å². The van der Waals surface area contributed by atoms with Crippen LogP contribution < -0.4 is 21.9 Å². The van der Waals surface area contributed by atoms with Gasteiger partial charge in [0, 0.05) is 32.0 Å². The number of hydrazine groups is 1. The van der Waals surface area contributed by atoms with Crippen LogP contribution in [0.5, 0.6) is 0 Å². The molecule has 0 unspecified atom stereocenters. The molecule has 0 atom stereocenters. The fourth-order valence-electron chi connectivity index (χ4n) is 1.32. The second-order valence-electron chi connectivity index (χ2n) is 4.15. The molecule has 0 aliphatic carbocycles. The number of nitrogens with one attached hydrogen (secondary N) is 3. The van der Waals surface area contributed by atoms with Gasteiger partial charge in [-0.25, -0.2) is 15.8 Å². The van der Waals surface area contributed by atoms with Gasteiger partial charge in [-0.15, -0.1) is 0 Å². The summed E-state index contributed by atoms with van der Waals surface area (Å²) in [6, 6.07) is 1.70. The number of carbonyl (C=O) groups is 1. The smallest absolute Gasteiger partial charge is 0.221 e. The van der Waals surface area contributed by atoms with Gasteiger partial charge in [0.1, 0.15) is 17.5 Å². The summed E-state index contributed by atoms with van der Waals surface area (Å²) in [5.41, 5.74) is 2.50. The lowest BCUT2D eigenvalue weighted by molar-refractivity contribution is -0.120. The number of anilines is 2. The van der Waals surface area contributed by atoms with Crippen molar-refractivity contribution in [2.45, 2.75) is 26.2 Å². The van der Waals surface area contributed by atoms with Gasteiger partial charge in [-0.3, -0.25) is 4.79 Å².